The summed E-state index contributed by atoms with van der Waals surface area (Å²) in [5.74, 6) is 1.65. The van der Waals surface area contributed by atoms with E-state index in [4.69, 9.17) is 19.6 Å². The van der Waals surface area contributed by atoms with E-state index in [-0.39, 0.29) is 16.7 Å². The van der Waals surface area contributed by atoms with Gasteiger partial charge in [-0.25, -0.2) is 19.1 Å². The number of nitrogens with zero attached hydrogens (tertiary/aromatic N) is 7. The van der Waals surface area contributed by atoms with Gasteiger partial charge in [-0.05, 0) is 53.9 Å². The number of ether oxygens (including phenoxy) is 1. The average Bonchev–Trinajstić information content (AvgIpc) is 3.81. The van der Waals surface area contributed by atoms with Gasteiger partial charge in [-0.15, -0.1) is 0 Å². The van der Waals surface area contributed by atoms with Crippen molar-refractivity contribution < 1.29 is 9.66 Å². The molecule has 7 rings (SSSR count). The first-order chi connectivity index (χ1) is 20.5. The van der Waals surface area contributed by atoms with E-state index in [1.807, 2.05) is 60.1 Å². The number of aryl methyl sites for hydroxylation is 1. The van der Waals surface area contributed by atoms with Crippen LogP contribution in [0.2, 0.25) is 0 Å². The summed E-state index contributed by atoms with van der Waals surface area (Å²) in [6.45, 7) is 4.62. The third kappa shape index (κ3) is 4.61. The summed E-state index contributed by atoms with van der Waals surface area (Å²) in [5.41, 5.74) is 3.50. The molecule has 3 aliphatic rings. The molecular weight excluding hydrogens is 617 g/mol. The lowest BCUT2D eigenvalue weighted by Gasteiger charge is -2.48. The molecule has 10 nitrogen and oxygen atoms in total. The molecule has 3 aromatic carbocycles. The van der Waals surface area contributed by atoms with Crippen LogP contribution in [-0.2, 0) is 4.74 Å². The summed E-state index contributed by atoms with van der Waals surface area (Å²) >= 11 is 3.63. The summed E-state index contributed by atoms with van der Waals surface area (Å²) in [6, 6.07) is 25.4. The summed E-state index contributed by atoms with van der Waals surface area (Å²) < 4.78 is 19.0. The molecule has 42 heavy (non-hydrogen) atoms. The number of hydrogen-bond donors (Lipinski definition) is 0. The predicted octanol–water partition coefficient (Wildman–Crippen LogP) is 6.73. The number of halogens is 1. The molecule has 1 saturated carbocycles. The van der Waals surface area contributed by atoms with Gasteiger partial charge in [0.2, 0.25) is 0 Å². The summed E-state index contributed by atoms with van der Waals surface area (Å²) in [5, 5.41) is 17.7. The van der Waals surface area contributed by atoms with Gasteiger partial charge in [0.05, 0.1) is 45.0 Å². The van der Waals surface area contributed by atoms with Gasteiger partial charge >= 0.3 is 0 Å². The summed E-state index contributed by atoms with van der Waals surface area (Å²) in [4.78, 5) is 16.6. The van der Waals surface area contributed by atoms with Gasteiger partial charge in [0.1, 0.15) is 5.84 Å². The van der Waals surface area contributed by atoms with Crippen molar-refractivity contribution in [3.63, 3.8) is 0 Å². The molecule has 0 radical (unpaired) electrons. The van der Waals surface area contributed by atoms with Gasteiger partial charge in [-0.3, -0.25) is 10.1 Å². The van der Waals surface area contributed by atoms with E-state index in [0.717, 1.165) is 46.7 Å². The number of benzene rings is 3. The molecule has 0 unspecified atom stereocenters. The monoisotopic (exact) mass is 645 g/mol. The van der Waals surface area contributed by atoms with E-state index < -0.39 is 7.36 Å². The van der Waals surface area contributed by atoms with Crippen molar-refractivity contribution in [2.45, 2.75) is 25.8 Å². The molecule has 2 fully saturated rings. The smallest absolute Gasteiger partial charge is 0.270 e. The number of nitro groups is 1. The van der Waals surface area contributed by atoms with Crippen molar-refractivity contribution >= 4 is 51.6 Å². The number of aromatic nitrogens is 2. The van der Waals surface area contributed by atoms with E-state index in [1.165, 1.54) is 12.1 Å². The van der Waals surface area contributed by atoms with E-state index >= 15 is 0 Å². The highest BCUT2D eigenvalue weighted by atomic mass is 79.9. The normalized spacial score (nSPS) is 20.6. The van der Waals surface area contributed by atoms with Gasteiger partial charge in [-0.2, -0.15) is 5.10 Å². The number of morpholine rings is 1. The number of fused-ring (bicyclic) bond motifs is 1. The first-order valence-corrected chi connectivity index (χ1v) is 16.4. The lowest BCUT2D eigenvalue weighted by atomic mass is 10.2. The highest BCUT2D eigenvalue weighted by molar-refractivity contribution is 9.10. The molecule has 1 atom stereocenters. The highest BCUT2D eigenvalue weighted by Crippen LogP contribution is 2.66. The third-order valence-electron chi connectivity index (χ3n) is 7.73. The van der Waals surface area contributed by atoms with E-state index in [9.17, 15) is 10.1 Å². The zero-order valence-electron chi connectivity index (χ0n) is 23.0. The average molecular weight is 646 g/mol. The predicted molar refractivity (Wildman–Crippen MR) is 168 cm³/mol. The van der Waals surface area contributed by atoms with Crippen molar-refractivity contribution in [3.05, 3.63) is 105 Å². The molecule has 214 valence electrons. The number of nitro benzene ring substituents is 1. The fourth-order valence-electron chi connectivity index (χ4n) is 5.72. The lowest BCUT2D eigenvalue weighted by Crippen LogP contribution is -2.47. The fraction of sp³-hybridized carbons (Fsp3) is 0.267. The number of hydrogen-bond acceptors (Lipinski definition) is 6. The Morgan fingerprint density at radius 2 is 1.71 bits per heavy atom. The zero-order valence-corrected chi connectivity index (χ0v) is 25.5. The fourth-order valence-corrected chi connectivity index (χ4v) is 10.6. The minimum Gasteiger partial charge on any atom is -0.379 e. The molecule has 1 aromatic heterocycles. The molecule has 1 aliphatic carbocycles. The molecule has 0 spiro atoms. The molecule has 0 amide bonds. The van der Waals surface area contributed by atoms with E-state index in [1.54, 1.807) is 6.07 Å². The Hall–Kier alpha value is -3.63. The lowest BCUT2D eigenvalue weighted by molar-refractivity contribution is -0.384. The maximum atomic E-state index is 11.6. The number of non-ortho nitro benzene ring substituents is 1. The Labute approximate surface area is 252 Å². The van der Waals surface area contributed by atoms with Crippen molar-refractivity contribution in [2.24, 2.45) is 9.74 Å². The Bertz CT molecular complexity index is 1750. The number of amidine groups is 1. The first-order valence-electron chi connectivity index (χ1n) is 14.0. The van der Waals surface area contributed by atoms with E-state index in [0.29, 0.717) is 36.5 Å². The van der Waals surface area contributed by atoms with Crippen LogP contribution in [0.4, 0.5) is 17.2 Å². The molecule has 1 saturated heterocycles. The Balaban J connectivity index is 1.59. The van der Waals surface area contributed by atoms with Gasteiger partial charge in [0.25, 0.3) is 5.69 Å². The van der Waals surface area contributed by atoms with E-state index in [2.05, 4.69) is 37.4 Å². The van der Waals surface area contributed by atoms with Gasteiger partial charge < -0.3 is 9.41 Å². The molecular formula is C30H29BrN7O3P. The molecule has 4 aromatic rings. The molecule has 2 aliphatic heterocycles. The number of aliphatic imine (C=N–C) groups is 1. The second-order valence-electron chi connectivity index (χ2n) is 10.5. The van der Waals surface area contributed by atoms with Crippen LogP contribution in [0.5, 0.6) is 0 Å². The van der Waals surface area contributed by atoms with Crippen molar-refractivity contribution in [2.75, 3.05) is 26.3 Å². The maximum absolute atomic E-state index is 11.6. The summed E-state index contributed by atoms with van der Waals surface area (Å²) in [6.07, 6.45) is 2.08. The van der Waals surface area contributed by atoms with Crippen LogP contribution in [0.1, 0.15) is 24.1 Å². The summed E-state index contributed by atoms with van der Waals surface area (Å²) in [7, 11) is -2.81. The minimum absolute atomic E-state index is 0.0163. The van der Waals surface area contributed by atoms with Crippen LogP contribution >= 0.6 is 23.3 Å². The largest absolute Gasteiger partial charge is 0.379 e. The third-order valence-corrected chi connectivity index (χ3v) is 12.3. The SMILES string of the molecule is Cc1nn(-c2ccccc2)c2c1[P@@](=Nc1ccc([N+](=O)[O-])cc1Br)(N1CCOCC1)N(C1CC1)C(c1ccccc1)=N2. The van der Waals surface area contributed by atoms with Gasteiger partial charge in [0, 0.05) is 36.8 Å². The maximum Gasteiger partial charge on any atom is 0.270 e. The molecule has 0 bridgehead atoms. The molecule has 0 N–H and O–H groups in total. The van der Waals surface area contributed by atoms with Crippen molar-refractivity contribution in [3.8, 4) is 5.69 Å². The zero-order chi connectivity index (χ0) is 28.8. The van der Waals surface area contributed by atoms with Crippen LogP contribution in [0.25, 0.3) is 5.69 Å². The second kappa shape index (κ2) is 10.9. The second-order valence-corrected chi connectivity index (χ2v) is 14.1. The quantitative estimate of drug-likeness (QED) is 0.131. The Morgan fingerprint density at radius 1 is 1.02 bits per heavy atom. The minimum atomic E-state index is -2.81. The topological polar surface area (TPSA) is 101 Å². The molecule has 12 heteroatoms. The van der Waals surface area contributed by atoms with Gasteiger partial charge in [-0.1, -0.05) is 48.5 Å². The van der Waals surface area contributed by atoms with Gasteiger partial charge in [0.15, 0.2) is 13.2 Å². The van der Waals surface area contributed by atoms with Crippen LogP contribution in [-0.4, -0.2) is 62.2 Å². The Morgan fingerprint density at radius 3 is 2.36 bits per heavy atom. The van der Waals surface area contributed by atoms with Crippen molar-refractivity contribution in [1.82, 2.24) is 19.1 Å². The standard InChI is InChI=1S/C30H29BrN7O3P/c1-21-28-30(36(33-21)23-10-6-3-7-11-23)32-29(22-8-4-2-5-9-22)37(24-12-13-24)42(28,35-16-18-41-19-17-35)34-27-15-14-25(38(39)40)20-26(27)31/h2-11,14-15,20,24H,12-13,16-19H2,1H3/t42-/m1/s1. The highest BCUT2D eigenvalue weighted by Gasteiger charge is 2.51. The number of para-hydroxylation sites is 1. The van der Waals surface area contributed by atoms with Crippen LogP contribution in [0.15, 0.2) is 93.1 Å². The van der Waals surface area contributed by atoms with Crippen molar-refractivity contribution in [1.29, 1.82) is 0 Å². The van der Waals surface area contributed by atoms with Crippen LogP contribution in [0, 0.1) is 17.0 Å². The first kappa shape index (κ1) is 27.2. The van der Waals surface area contributed by atoms with Crippen LogP contribution < -0.4 is 5.30 Å². The number of rotatable bonds is 6. The van der Waals surface area contributed by atoms with Crippen LogP contribution in [0.3, 0.4) is 0 Å². The Kier molecular flexibility index (Phi) is 7.06. The molecule has 3 heterocycles.